The van der Waals surface area contributed by atoms with Crippen molar-refractivity contribution in [2.24, 2.45) is 11.7 Å². The number of likely N-dealkylation sites (N-methyl/N-ethyl adjacent to an activating group) is 2. The highest BCUT2D eigenvalue weighted by Crippen LogP contribution is 2.38. The molecule has 90 valence electrons. The largest absolute Gasteiger partial charge is 0.329 e. The van der Waals surface area contributed by atoms with E-state index in [1.165, 1.54) is 19.3 Å². The van der Waals surface area contributed by atoms with Crippen molar-refractivity contribution in [3.05, 3.63) is 0 Å². The molecule has 15 heavy (non-hydrogen) atoms. The Morgan fingerprint density at radius 2 is 1.80 bits per heavy atom. The molecule has 1 aliphatic carbocycles. The zero-order valence-electron chi connectivity index (χ0n) is 10.8. The molecule has 0 aromatic carbocycles. The molecule has 0 radical (unpaired) electrons. The molecule has 0 saturated heterocycles. The van der Waals surface area contributed by atoms with Crippen molar-refractivity contribution in [3.63, 3.8) is 0 Å². The molecule has 2 N–H and O–H groups in total. The van der Waals surface area contributed by atoms with Crippen molar-refractivity contribution in [3.8, 4) is 0 Å². The van der Waals surface area contributed by atoms with Crippen LogP contribution in [-0.2, 0) is 0 Å². The van der Waals surface area contributed by atoms with E-state index in [2.05, 4.69) is 37.9 Å². The van der Waals surface area contributed by atoms with Crippen molar-refractivity contribution in [1.82, 2.24) is 9.80 Å². The normalized spacial score (nSPS) is 21.0. The fourth-order valence-electron chi connectivity index (χ4n) is 1.96. The number of hydrogen-bond acceptors (Lipinski definition) is 3. The van der Waals surface area contributed by atoms with E-state index < -0.39 is 0 Å². The topological polar surface area (TPSA) is 32.5 Å². The maximum Gasteiger partial charge on any atom is 0.0303 e. The van der Waals surface area contributed by atoms with Crippen LogP contribution in [0.1, 0.15) is 26.2 Å². The quantitative estimate of drug-likeness (QED) is 0.685. The van der Waals surface area contributed by atoms with Gasteiger partial charge in [-0.2, -0.15) is 0 Å². The summed E-state index contributed by atoms with van der Waals surface area (Å²) >= 11 is 0. The van der Waals surface area contributed by atoms with Gasteiger partial charge in [0.25, 0.3) is 0 Å². The second kappa shape index (κ2) is 5.28. The van der Waals surface area contributed by atoms with Crippen LogP contribution >= 0.6 is 0 Å². The van der Waals surface area contributed by atoms with Crippen molar-refractivity contribution >= 4 is 0 Å². The minimum Gasteiger partial charge on any atom is -0.329 e. The minimum atomic E-state index is 0.206. The second-order valence-corrected chi connectivity index (χ2v) is 5.57. The Kier molecular flexibility index (Phi) is 4.56. The number of rotatable bonds is 7. The molecule has 3 nitrogen and oxygen atoms in total. The van der Waals surface area contributed by atoms with Gasteiger partial charge in [0.15, 0.2) is 0 Å². The maximum atomic E-state index is 5.94. The summed E-state index contributed by atoms with van der Waals surface area (Å²) in [6.45, 7) is 5.29. The molecule has 0 bridgehead atoms. The summed E-state index contributed by atoms with van der Waals surface area (Å²) in [4.78, 5) is 4.66. The third kappa shape index (κ3) is 4.09. The molecule has 1 saturated carbocycles. The highest BCUT2D eigenvalue weighted by Gasteiger charge is 2.35. The van der Waals surface area contributed by atoms with E-state index in [0.29, 0.717) is 0 Å². The van der Waals surface area contributed by atoms with Gasteiger partial charge in [0.05, 0.1) is 0 Å². The van der Waals surface area contributed by atoms with Gasteiger partial charge in [-0.3, -0.25) is 4.90 Å². The van der Waals surface area contributed by atoms with Gasteiger partial charge >= 0.3 is 0 Å². The monoisotopic (exact) mass is 213 g/mol. The van der Waals surface area contributed by atoms with Gasteiger partial charge in [0.1, 0.15) is 0 Å². The molecule has 1 atom stereocenters. The van der Waals surface area contributed by atoms with Gasteiger partial charge in [0, 0.05) is 25.2 Å². The summed E-state index contributed by atoms with van der Waals surface area (Å²) in [5, 5.41) is 0. The summed E-state index contributed by atoms with van der Waals surface area (Å²) in [6, 6.07) is 0. The number of hydrogen-bond donors (Lipinski definition) is 1. The minimum absolute atomic E-state index is 0.206. The molecule has 1 aliphatic rings. The van der Waals surface area contributed by atoms with E-state index in [1.807, 2.05) is 0 Å². The van der Waals surface area contributed by atoms with Crippen LogP contribution in [0.5, 0.6) is 0 Å². The molecule has 0 heterocycles. The molecule has 0 aromatic rings. The first-order valence-electron chi connectivity index (χ1n) is 6.04. The van der Waals surface area contributed by atoms with Crippen LogP contribution in [-0.4, -0.2) is 56.1 Å². The average molecular weight is 213 g/mol. The Morgan fingerprint density at radius 1 is 1.20 bits per heavy atom. The highest BCUT2D eigenvalue weighted by molar-refractivity contribution is 4.91. The van der Waals surface area contributed by atoms with Crippen LogP contribution in [0.25, 0.3) is 0 Å². The van der Waals surface area contributed by atoms with Gasteiger partial charge in [-0.1, -0.05) is 12.8 Å². The summed E-state index contributed by atoms with van der Waals surface area (Å²) in [5.41, 5.74) is 6.14. The molecule has 3 heteroatoms. The van der Waals surface area contributed by atoms with E-state index in [0.717, 1.165) is 25.6 Å². The van der Waals surface area contributed by atoms with E-state index in [9.17, 15) is 0 Å². The summed E-state index contributed by atoms with van der Waals surface area (Å²) < 4.78 is 0. The Labute approximate surface area is 94.6 Å². The van der Waals surface area contributed by atoms with Gasteiger partial charge in [-0.15, -0.1) is 0 Å². The van der Waals surface area contributed by atoms with Crippen LogP contribution in [0, 0.1) is 5.92 Å². The van der Waals surface area contributed by atoms with Gasteiger partial charge < -0.3 is 10.6 Å². The van der Waals surface area contributed by atoms with E-state index in [1.54, 1.807) is 0 Å². The molecule has 1 rings (SSSR count). The molecule has 0 aliphatic heterocycles. The molecular formula is C12H27N3. The van der Waals surface area contributed by atoms with E-state index in [4.69, 9.17) is 5.73 Å². The Bertz CT molecular complexity index is 189. The average Bonchev–Trinajstić information content (AvgIpc) is 2.97. The van der Waals surface area contributed by atoms with Crippen LogP contribution in [0.3, 0.4) is 0 Å². The SMILES string of the molecule is CN(C)CCN(C)C(C)(CN)CC1CC1. The van der Waals surface area contributed by atoms with Crippen LogP contribution in [0.15, 0.2) is 0 Å². The lowest BCUT2D eigenvalue weighted by Crippen LogP contribution is -2.51. The molecule has 1 unspecified atom stereocenters. The smallest absolute Gasteiger partial charge is 0.0303 e. The van der Waals surface area contributed by atoms with Gasteiger partial charge in [-0.05, 0) is 40.4 Å². The summed E-state index contributed by atoms with van der Waals surface area (Å²) in [5.74, 6) is 0.945. The molecule has 0 aromatic heterocycles. The molecule has 1 fully saturated rings. The lowest BCUT2D eigenvalue weighted by atomic mass is 9.93. The van der Waals surface area contributed by atoms with E-state index in [-0.39, 0.29) is 5.54 Å². The fraction of sp³-hybridized carbons (Fsp3) is 1.00. The molecule has 0 amide bonds. The third-order valence-electron chi connectivity index (χ3n) is 3.67. The van der Waals surface area contributed by atoms with Crippen LogP contribution in [0.2, 0.25) is 0 Å². The van der Waals surface area contributed by atoms with Crippen LogP contribution in [0.4, 0.5) is 0 Å². The van der Waals surface area contributed by atoms with E-state index >= 15 is 0 Å². The predicted molar refractivity (Wildman–Crippen MR) is 66.0 cm³/mol. The third-order valence-corrected chi connectivity index (χ3v) is 3.67. The van der Waals surface area contributed by atoms with Crippen LogP contribution < -0.4 is 5.73 Å². The number of nitrogens with two attached hydrogens (primary N) is 1. The first-order valence-corrected chi connectivity index (χ1v) is 6.04. The fourth-order valence-corrected chi connectivity index (χ4v) is 1.96. The molecular weight excluding hydrogens is 186 g/mol. The second-order valence-electron chi connectivity index (χ2n) is 5.57. The first-order chi connectivity index (χ1) is 6.98. The lowest BCUT2D eigenvalue weighted by molar-refractivity contribution is 0.118. The van der Waals surface area contributed by atoms with Gasteiger partial charge in [0.2, 0.25) is 0 Å². The van der Waals surface area contributed by atoms with Crippen molar-refractivity contribution in [2.75, 3.05) is 40.8 Å². The van der Waals surface area contributed by atoms with Gasteiger partial charge in [-0.25, -0.2) is 0 Å². The Morgan fingerprint density at radius 3 is 2.20 bits per heavy atom. The summed E-state index contributed by atoms with van der Waals surface area (Å²) in [6.07, 6.45) is 4.10. The molecule has 0 spiro atoms. The lowest BCUT2D eigenvalue weighted by Gasteiger charge is -2.39. The maximum absolute atomic E-state index is 5.94. The Hall–Kier alpha value is -0.120. The van der Waals surface area contributed by atoms with Crippen molar-refractivity contribution < 1.29 is 0 Å². The highest BCUT2D eigenvalue weighted by atomic mass is 15.2. The van der Waals surface area contributed by atoms with Crippen molar-refractivity contribution in [2.45, 2.75) is 31.7 Å². The Balaban J connectivity index is 2.39. The zero-order chi connectivity index (χ0) is 11.5. The predicted octanol–water partition coefficient (Wildman–Crippen LogP) is 0.997. The van der Waals surface area contributed by atoms with Crippen molar-refractivity contribution in [1.29, 1.82) is 0 Å². The standard InChI is InChI=1S/C12H27N3/c1-12(10-13,9-11-5-6-11)15(4)8-7-14(2)3/h11H,5-10,13H2,1-4H3. The zero-order valence-corrected chi connectivity index (χ0v) is 10.8. The first kappa shape index (κ1) is 12.9. The summed E-state index contributed by atoms with van der Waals surface area (Å²) in [7, 11) is 6.45. The number of nitrogens with zero attached hydrogens (tertiary/aromatic N) is 2.